The Kier molecular flexibility index (Phi) is 3.40. The second kappa shape index (κ2) is 4.81. The van der Waals surface area contributed by atoms with Gasteiger partial charge < -0.3 is 4.74 Å². The summed E-state index contributed by atoms with van der Waals surface area (Å²) in [4.78, 5) is 11.3. The molecule has 0 aliphatic rings. The Morgan fingerprint density at radius 1 is 1.12 bits per heavy atom. The standard InChI is InChI=1S/C10H6Cl2FN3O/c1-17-7-3-2-5(13)4-6(7)8-14-9(11)16-10(12)15-8/h2-4H,1H3. The highest BCUT2D eigenvalue weighted by atomic mass is 35.5. The lowest BCUT2D eigenvalue weighted by atomic mass is 10.2. The minimum atomic E-state index is -0.437. The molecular formula is C10H6Cl2FN3O. The van der Waals surface area contributed by atoms with E-state index in [9.17, 15) is 4.39 Å². The number of methoxy groups -OCH3 is 1. The molecule has 88 valence electrons. The first-order valence-corrected chi connectivity index (χ1v) is 5.26. The maximum Gasteiger partial charge on any atom is 0.227 e. The topological polar surface area (TPSA) is 47.9 Å². The summed E-state index contributed by atoms with van der Waals surface area (Å²) in [5.41, 5.74) is 0.360. The van der Waals surface area contributed by atoms with E-state index in [1.807, 2.05) is 0 Å². The number of hydrogen-bond donors (Lipinski definition) is 0. The Bertz CT molecular complexity index is 545. The van der Waals surface area contributed by atoms with E-state index in [0.717, 1.165) is 0 Å². The summed E-state index contributed by atoms with van der Waals surface area (Å²) in [5, 5.41) is -0.127. The van der Waals surface area contributed by atoms with Gasteiger partial charge in [-0.2, -0.15) is 15.0 Å². The van der Waals surface area contributed by atoms with Crippen LogP contribution in [0.25, 0.3) is 11.4 Å². The molecule has 1 aromatic heterocycles. The first-order chi connectivity index (χ1) is 8.10. The summed E-state index contributed by atoms with van der Waals surface area (Å²) in [6.07, 6.45) is 0. The van der Waals surface area contributed by atoms with Crippen molar-refractivity contribution in [2.75, 3.05) is 7.11 Å². The van der Waals surface area contributed by atoms with Gasteiger partial charge in [0.2, 0.25) is 10.6 Å². The van der Waals surface area contributed by atoms with Crippen LogP contribution < -0.4 is 4.74 Å². The van der Waals surface area contributed by atoms with Gasteiger partial charge in [-0.25, -0.2) is 4.39 Å². The van der Waals surface area contributed by atoms with Crippen LogP contribution in [0.15, 0.2) is 18.2 Å². The summed E-state index contributed by atoms with van der Waals surface area (Å²) in [6, 6.07) is 3.98. The Morgan fingerprint density at radius 2 is 1.76 bits per heavy atom. The molecular weight excluding hydrogens is 268 g/mol. The molecule has 2 rings (SSSR count). The van der Waals surface area contributed by atoms with Crippen molar-refractivity contribution in [3.63, 3.8) is 0 Å². The lowest BCUT2D eigenvalue weighted by Gasteiger charge is -2.07. The second-order valence-electron chi connectivity index (χ2n) is 3.04. The summed E-state index contributed by atoms with van der Waals surface area (Å²) >= 11 is 11.3. The van der Waals surface area contributed by atoms with Crippen molar-refractivity contribution in [1.29, 1.82) is 0 Å². The van der Waals surface area contributed by atoms with Gasteiger partial charge in [-0.15, -0.1) is 0 Å². The average Bonchev–Trinajstić information content (AvgIpc) is 2.27. The van der Waals surface area contributed by atoms with Crippen molar-refractivity contribution >= 4 is 23.2 Å². The zero-order chi connectivity index (χ0) is 12.4. The highest BCUT2D eigenvalue weighted by Crippen LogP contribution is 2.28. The van der Waals surface area contributed by atoms with Crippen LogP contribution in [0.2, 0.25) is 10.6 Å². The predicted octanol–water partition coefficient (Wildman–Crippen LogP) is 2.99. The summed E-state index contributed by atoms with van der Waals surface area (Å²) in [6.45, 7) is 0. The molecule has 0 amide bonds. The minimum Gasteiger partial charge on any atom is -0.496 e. The largest absolute Gasteiger partial charge is 0.496 e. The van der Waals surface area contributed by atoms with Crippen molar-refractivity contribution < 1.29 is 9.13 Å². The molecule has 0 aliphatic heterocycles. The van der Waals surface area contributed by atoms with Crippen molar-refractivity contribution in [1.82, 2.24) is 15.0 Å². The smallest absolute Gasteiger partial charge is 0.227 e. The van der Waals surface area contributed by atoms with Gasteiger partial charge in [-0.3, -0.25) is 0 Å². The lowest BCUT2D eigenvalue weighted by Crippen LogP contribution is -1.96. The quantitative estimate of drug-likeness (QED) is 0.844. The first kappa shape index (κ1) is 12.0. The average molecular weight is 274 g/mol. The Hall–Kier alpha value is -1.46. The third-order valence-electron chi connectivity index (χ3n) is 1.98. The highest BCUT2D eigenvalue weighted by molar-refractivity contribution is 6.31. The number of aromatic nitrogens is 3. The fraction of sp³-hybridized carbons (Fsp3) is 0.100. The monoisotopic (exact) mass is 273 g/mol. The molecule has 2 aromatic rings. The Morgan fingerprint density at radius 3 is 2.35 bits per heavy atom. The second-order valence-corrected chi connectivity index (χ2v) is 3.72. The van der Waals surface area contributed by atoms with Gasteiger partial charge in [0.1, 0.15) is 11.6 Å². The van der Waals surface area contributed by atoms with E-state index >= 15 is 0 Å². The molecule has 1 aromatic carbocycles. The van der Waals surface area contributed by atoms with Crippen molar-refractivity contribution in [2.24, 2.45) is 0 Å². The van der Waals surface area contributed by atoms with Crippen molar-refractivity contribution in [3.8, 4) is 17.1 Å². The van der Waals surface area contributed by atoms with E-state index in [1.54, 1.807) is 0 Å². The van der Waals surface area contributed by atoms with Crippen LogP contribution in [-0.2, 0) is 0 Å². The normalized spacial score (nSPS) is 10.4. The van der Waals surface area contributed by atoms with E-state index in [0.29, 0.717) is 11.3 Å². The summed E-state index contributed by atoms with van der Waals surface area (Å²) < 4.78 is 18.3. The predicted molar refractivity (Wildman–Crippen MR) is 61.8 cm³/mol. The number of benzene rings is 1. The van der Waals surface area contributed by atoms with E-state index in [2.05, 4.69) is 15.0 Å². The molecule has 0 radical (unpaired) electrons. The molecule has 1 heterocycles. The van der Waals surface area contributed by atoms with Gasteiger partial charge in [0.15, 0.2) is 5.82 Å². The fourth-order valence-corrected chi connectivity index (χ4v) is 1.66. The van der Waals surface area contributed by atoms with Crippen LogP contribution in [0.5, 0.6) is 5.75 Å². The van der Waals surface area contributed by atoms with Crippen molar-refractivity contribution in [2.45, 2.75) is 0 Å². The van der Waals surface area contributed by atoms with Gasteiger partial charge >= 0.3 is 0 Å². The van der Waals surface area contributed by atoms with Gasteiger partial charge in [-0.1, -0.05) is 0 Å². The van der Waals surface area contributed by atoms with E-state index in [1.165, 1.54) is 25.3 Å². The third kappa shape index (κ3) is 2.62. The van der Waals surface area contributed by atoms with Crippen LogP contribution in [-0.4, -0.2) is 22.1 Å². The van der Waals surface area contributed by atoms with E-state index in [4.69, 9.17) is 27.9 Å². The Labute approximate surface area is 106 Å². The van der Waals surface area contributed by atoms with E-state index < -0.39 is 5.82 Å². The van der Waals surface area contributed by atoms with Gasteiger partial charge in [0.25, 0.3) is 0 Å². The van der Waals surface area contributed by atoms with Crippen LogP contribution in [0.3, 0.4) is 0 Å². The lowest BCUT2D eigenvalue weighted by molar-refractivity contribution is 0.415. The minimum absolute atomic E-state index is 0.0636. The number of nitrogens with zero attached hydrogens (tertiary/aromatic N) is 3. The molecule has 17 heavy (non-hydrogen) atoms. The molecule has 7 heteroatoms. The first-order valence-electron chi connectivity index (χ1n) is 4.51. The van der Waals surface area contributed by atoms with Crippen LogP contribution in [0.4, 0.5) is 4.39 Å². The summed E-state index contributed by atoms with van der Waals surface area (Å²) in [5.74, 6) is 0.143. The molecule has 0 unspecified atom stereocenters. The van der Waals surface area contributed by atoms with Gasteiger partial charge in [0, 0.05) is 0 Å². The number of rotatable bonds is 2. The molecule has 4 nitrogen and oxygen atoms in total. The summed E-state index contributed by atoms with van der Waals surface area (Å²) in [7, 11) is 1.46. The van der Waals surface area contributed by atoms with Crippen LogP contribution in [0, 0.1) is 5.82 Å². The Balaban J connectivity index is 2.62. The maximum atomic E-state index is 13.2. The molecule has 0 bridgehead atoms. The molecule has 0 aliphatic carbocycles. The van der Waals surface area contributed by atoms with Crippen LogP contribution in [0.1, 0.15) is 0 Å². The number of halogens is 3. The SMILES string of the molecule is COc1ccc(F)cc1-c1nc(Cl)nc(Cl)n1. The highest BCUT2D eigenvalue weighted by Gasteiger charge is 2.12. The van der Waals surface area contributed by atoms with Gasteiger partial charge in [0.05, 0.1) is 12.7 Å². The molecule has 0 saturated heterocycles. The van der Waals surface area contributed by atoms with Crippen LogP contribution >= 0.6 is 23.2 Å². The third-order valence-corrected chi connectivity index (χ3v) is 2.32. The van der Waals surface area contributed by atoms with Gasteiger partial charge in [-0.05, 0) is 41.4 Å². The molecule has 0 atom stereocenters. The zero-order valence-corrected chi connectivity index (χ0v) is 10.1. The molecule has 0 saturated carbocycles. The maximum absolute atomic E-state index is 13.2. The molecule has 0 N–H and O–H groups in total. The number of ether oxygens (including phenoxy) is 1. The molecule has 0 spiro atoms. The number of hydrogen-bond acceptors (Lipinski definition) is 4. The zero-order valence-electron chi connectivity index (χ0n) is 8.62. The van der Waals surface area contributed by atoms with Crippen molar-refractivity contribution in [3.05, 3.63) is 34.6 Å². The molecule has 0 fully saturated rings. The van der Waals surface area contributed by atoms with E-state index in [-0.39, 0.29) is 16.4 Å². The fourth-order valence-electron chi connectivity index (χ4n) is 1.30.